The average Bonchev–Trinajstić information content (AvgIpc) is 2.62. The summed E-state index contributed by atoms with van der Waals surface area (Å²) in [5.41, 5.74) is 7.07. The third-order valence-electron chi connectivity index (χ3n) is 4.29. The number of carbonyl (C=O) groups is 2. The highest BCUT2D eigenvalue weighted by Gasteiger charge is 2.19. The number of carboxylic acid groups (broad SMARTS) is 1. The van der Waals surface area contributed by atoms with E-state index in [1.807, 2.05) is 0 Å². The van der Waals surface area contributed by atoms with Crippen molar-refractivity contribution in [3.05, 3.63) is 93.0 Å². The van der Waals surface area contributed by atoms with E-state index in [-0.39, 0.29) is 23.4 Å². The standard InChI is InChI=1S/C21H17FN2O4/c1-12-2-7-15(17(22)10-12)20(28)16-8-9-18(25)24(21(16)23)14-5-3-13(4-6-14)11-19(26)27/h2-10H,11,23H2,1H3,(H,26,27). The number of hydrogen-bond acceptors (Lipinski definition) is 4. The number of nitrogens with zero attached hydrogens (tertiary/aromatic N) is 1. The van der Waals surface area contributed by atoms with Crippen molar-refractivity contribution in [2.45, 2.75) is 13.3 Å². The first-order valence-corrected chi connectivity index (χ1v) is 8.41. The van der Waals surface area contributed by atoms with Gasteiger partial charge in [0.05, 0.1) is 23.2 Å². The molecule has 1 aromatic heterocycles. The average molecular weight is 380 g/mol. The molecule has 7 heteroatoms. The maximum absolute atomic E-state index is 14.2. The van der Waals surface area contributed by atoms with Gasteiger partial charge in [-0.3, -0.25) is 19.0 Å². The molecule has 0 saturated carbocycles. The van der Waals surface area contributed by atoms with Gasteiger partial charge in [-0.1, -0.05) is 18.2 Å². The van der Waals surface area contributed by atoms with Crippen LogP contribution in [0.2, 0.25) is 0 Å². The summed E-state index contributed by atoms with van der Waals surface area (Å²) in [6, 6.07) is 12.9. The number of benzene rings is 2. The number of aromatic nitrogens is 1. The van der Waals surface area contributed by atoms with Crippen LogP contribution in [-0.4, -0.2) is 21.4 Å². The summed E-state index contributed by atoms with van der Waals surface area (Å²) in [6.45, 7) is 1.71. The van der Waals surface area contributed by atoms with E-state index in [2.05, 4.69) is 0 Å². The molecule has 0 spiro atoms. The van der Waals surface area contributed by atoms with E-state index in [4.69, 9.17) is 10.8 Å². The van der Waals surface area contributed by atoms with Crippen molar-refractivity contribution in [3.8, 4) is 5.69 Å². The molecule has 0 aliphatic rings. The Balaban J connectivity index is 2.06. The molecule has 0 radical (unpaired) electrons. The number of carbonyl (C=O) groups excluding carboxylic acids is 1. The first-order chi connectivity index (χ1) is 13.3. The molecule has 0 unspecified atom stereocenters. The molecule has 3 N–H and O–H groups in total. The highest BCUT2D eigenvalue weighted by molar-refractivity contribution is 6.11. The number of aliphatic carboxylic acids is 1. The van der Waals surface area contributed by atoms with Gasteiger partial charge in [0.15, 0.2) is 5.78 Å². The molecule has 0 fully saturated rings. The number of rotatable bonds is 5. The summed E-state index contributed by atoms with van der Waals surface area (Å²) < 4.78 is 15.3. The van der Waals surface area contributed by atoms with Gasteiger partial charge < -0.3 is 10.8 Å². The van der Waals surface area contributed by atoms with Crippen molar-refractivity contribution in [2.75, 3.05) is 5.73 Å². The second-order valence-corrected chi connectivity index (χ2v) is 6.36. The van der Waals surface area contributed by atoms with Gasteiger partial charge in [-0.2, -0.15) is 0 Å². The highest BCUT2D eigenvalue weighted by atomic mass is 19.1. The molecule has 142 valence electrons. The minimum absolute atomic E-state index is 0.00281. The quantitative estimate of drug-likeness (QED) is 0.663. The van der Waals surface area contributed by atoms with Crippen LogP contribution in [-0.2, 0) is 11.2 Å². The monoisotopic (exact) mass is 380 g/mol. The predicted octanol–water partition coefficient (Wildman–Crippen LogP) is 2.73. The van der Waals surface area contributed by atoms with Gasteiger partial charge in [0.1, 0.15) is 11.6 Å². The second kappa shape index (κ2) is 7.48. The number of hydrogen-bond donors (Lipinski definition) is 2. The molecule has 0 amide bonds. The summed E-state index contributed by atoms with van der Waals surface area (Å²) in [6.07, 6.45) is -0.157. The minimum atomic E-state index is -0.975. The van der Waals surface area contributed by atoms with Gasteiger partial charge in [0.25, 0.3) is 5.56 Å². The van der Waals surface area contributed by atoms with E-state index in [1.165, 1.54) is 36.4 Å². The molecule has 3 rings (SSSR count). The van der Waals surface area contributed by atoms with Crippen LogP contribution in [0.1, 0.15) is 27.0 Å². The van der Waals surface area contributed by atoms with Gasteiger partial charge in [-0.25, -0.2) is 4.39 Å². The second-order valence-electron chi connectivity index (χ2n) is 6.36. The lowest BCUT2D eigenvalue weighted by Gasteiger charge is -2.14. The summed E-state index contributed by atoms with van der Waals surface area (Å²) in [5.74, 6) is -2.40. The Labute approximate surface area is 159 Å². The first-order valence-electron chi connectivity index (χ1n) is 8.41. The summed E-state index contributed by atoms with van der Waals surface area (Å²) in [5, 5.41) is 8.84. The van der Waals surface area contributed by atoms with Crippen LogP contribution in [0.5, 0.6) is 0 Å². The van der Waals surface area contributed by atoms with Crippen LogP contribution in [0.4, 0.5) is 10.2 Å². The van der Waals surface area contributed by atoms with Gasteiger partial charge in [-0.05, 0) is 48.4 Å². The Kier molecular flexibility index (Phi) is 5.08. The molecule has 3 aromatic rings. The Bertz CT molecular complexity index is 1130. The fraction of sp³-hybridized carbons (Fsp3) is 0.0952. The van der Waals surface area contributed by atoms with Gasteiger partial charge in [-0.15, -0.1) is 0 Å². The zero-order valence-electron chi connectivity index (χ0n) is 15.0. The van der Waals surface area contributed by atoms with Crippen molar-refractivity contribution in [3.63, 3.8) is 0 Å². The van der Waals surface area contributed by atoms with Gasteiger partial charge in [0.2, 0.25) is 0 Å². The minimum Gasteiger partial charge on any atom is -0.481 e. The Hall–Kier alpha value is -3.74. The molecule has 28 heavy (non-hydrogen) atoms. The lowest BCUT2D eigenvalue weighted by molar-refractivity contribution is -0.136. The number of nitrogens with two attached hydrogens (primary N) is 1. The predicted molar refractivity (Wildman–Crippen MR) is 102 cm³/mol. The van der Waals surface area contributed by atoms with E-state index < -0.39 is 23.1 Å². The summed E-state index contributed by atoms with van der Waals surface area (Å²) in [7, 11) is 0. The maximum atomic E-state index is 14.2. The fourth-order valence-corrected chi connectivity index (χ4v) is 2.90. The third kappa shape index (κ3) is 3.68. The Morgan fingerprint density at radius 2 is 1.68 bits per heavy atom. The van der Waals surface area contributed by atoms with Crippen molar-refractivity contribution < 1.29 is 19.1 Å². The number of nitrogen functional groups attached to an aromatic ring is 1. The number of carboxylic acids is 1. The highest BCUT2D eigenvalue weighted by Crippen LogP contribution is 2.21. The lowest BCUT2D eigenvalue weighted by atomic mass is 10.0. The van der Waals surface area contributed by atoms with E-state index >= 15 is 0 Å². The first kappa shape index (κ1) is 19.0. The molecule has 0 aliphatic carbocycles. The topological polar surface area (TPSA) is 102 Å². The fourth-order valence-electron chi connectivity index (χ4n) is 2.90. The molecule has 0 atom stereocenters. The van der Waals surface area contributed by atoms with Crippen molar-refractivity contribution in [1.29, 1.82) is 0 Å². The number of pyridine rings is 1. The SMILES string of the molecule is Cc1ccc(C(=O)c2ccc(=O)n(-c3ccc(CC(=O)O)cc3)c2N)c(F)c1. The van der Waals surface area contributed by atoms with Gasteiger partial charge in [0, 0.05) is 6.07 Å². The van der Waals surface area contributed by atoms with Crippen LogP contribution in [0.3, 0.4) is 0 Å². The summed E-state index contributed by atoms with van der Waals surface area (Å²) in [4.78, 5) is 35.9. The number of ketones is 1. The van der Waals surface area contributed by atoms with Crippen molar-refractivity contribution in [1.82, 2.24) is 4.57 Å². The third-order valence-corrected chi connectivity index (χ3v) is 4.29. The van der Waals surface area contributed by atoms with Crippen molar-refractivity contribution in [2.24, 2.45) is 0 Å². The normalized spacial score (nSPS) is 10.6. The Morgan fingerprint density at radius 1 is 1.04 bits per heavy atom. The zero-order valence-corrected chi connectivity index (χ0v) is 15.0. The van der Waals surface area contributed by atoms with E-state index in [1.54, 1.807) is 25.1 Å². The zero-order chi connectivity index (χ0) is 20.4. The molecular weight excluding hydrogens is 363 g/mol. The van der Waals surface area contributed by atoms with Crippen LogP contribution < -0.4 is 11.3 Å². The number of halogens is 1. The van der Waals surface area contributed by atoms with E-state index in [9.17, 15) is 18.8 Å². The van der Waals surface area contributed by atoms with Crippen LogP contribution >= 0.6 is 0 Å². The van der Waals surface area contributed by atoms with E-state index in [0.717, 1.165) is 4.57 Å². The van der Waals surface area contributed by atoms with E-state index in [0.29, 0.717) is 16.8 Å². The largest absolute Gasteiger partial charge is 0.481 e. The maximum Gasteiger partial charge on any atom is 0.307 e. The number of anilines is 1. The smallest absolute Gasteiger partial charge is 0.307 e. The molecule has 2 aromatic carbocycles. The lowest BCUT2D eigenvalue weighted by Crippen LogP contribution is -2.23. The Morgan fingerprint density at radius 3 is 2.29 bits per heavy atom. The number of aryl methyl sites for hydroxylation is 1. The molecular formula is C21H17FN2O4. The van der Waals surface area contributed by atoms with Crippen molar-refractivity contribution >= 4 is 17.6 Å². The molecule has 6 nitrogen and oxygen atoms in total. The molecule has 0 aliphatic heterocycles. The van der Waals surface area contributed by atoms with Gasteiger partial charge >= 0.3 is 5.97 Å². The molecule has 1 heterocycles. The summed E-state index contributed by atoms with van der Waals surface area (Å²) >= 11 is 0. The van der Waals surface area contributed by atoms with Crippen LogP contribution in [0.15, 0.2) is 59.4 Å². The van der Waals surface area contributed by atoms with Crippen LogP contribution in [0, 0.1) is 12.7 Å². The molecule has 0 bridgehead atoms. The molecule has 0 saturated heterocycles. The van der Waals surface area contributed by atoms with Crippen LogP contribution in [0.25, 0.3) is 5.69 Å².